The lowest BCUT2D eigenvalue weighted by atomic mass is 9.91. The monoisotopic (exact) mass is 281 g/mol. The fourth-order valence-electron chi connectivity index (χ4n) is 3.56. The van der Waals surface area contributed by atoms with Crippen LogP contribution in [0.4, 0.5) is 0 Å². The molecule has 0 aromatic rings. The summed E-state index contributed by atoms with van der Waals surface area (Å²) in [4.78, 5) is 26.3. The Balaban J connectivity index is 1.84. The van der Waals surface area contributed by atoms with E-state index in [1.165, 1.54) is 0 Å². The summed E-state index contributed by atoms with van der Waals surface area (Å²) in [7, 11) is 0. The number of carbonyl (C=O) groups excluding carboxylic acids is 2. The van der Waals surface area contributed by atoms with Gasteiger partial charge in [-0.25, -0.2) is 0 Å². The standard InChI is InChI=1S/C15H27N3O2/c1-2-17-14(19)11-6-8-18(9-7-11)15(20)13-5-3-4-12(13)10-16/h11-13H,2-10,16H2,1H3,(H,17,19). The molecule has 0 radical (unpaired) electrons. The van der Waals surface area contributed by atoms with Crippen molar-refractivity contribution >= 4 is 11.8 Å². The molecule has 2 rings (SSSR count). The lowest BCUT2D eigenvalue weighted by molar-refractivity contribution is -0.140. The largest absolute Gasteiger partial charge is 0.356 e. The van der Waals surface area contributed by atoms with Crippen molar-refractivity contribution in [2.45, 2.75) is 39.0 Å². The highest BCUT2D eigenvalue weighted by Gasteiger charge is 2.36. The van der Waals surface area contributed by atoms with Gasteiger partial charge in [-0.3, -0.25) is 9.59 Å². The van der Waals surface area contributed by atoms with E-state index < -0.39 is 0 Å². The summed E-state index contributed by atoms with van der Waals surface area (Å²) in [5.74, 6) is 0.977. The van der Waals surface area contributed by atoms with Crippen LogP contribution in [0.25, 0.3) is 0 Å². The Morgan fingerprint density at radius 2 is 1.90 bits per heavy atom. The molecule has 1 saturated heterocycles. The first-order valence-electron chi connectivity index (χ1n) is 7.94. The van der Waals surface area contributed by atoms with Gasteiger partial charge in [0.05, 0.1) is 0 Å². The Morgan fingerprint density at radius 3 is 2.50 bits per heavy atom. The first-order valence-corrected chi connectivity index (χ1v) is 7.94. The molecule has 1 saturated carbocycles. The average Bonchev–Trinajstić information content (AvgIpc) is 2.95. The predicted molar refractivity (Wildman–Crippen MR) is 77.9 cm³/mol. The molecule has 3 N–H and O–H groups in total. The molecule has 2 atom stereocenters. The van der Waals surface area contributed by atoms with Crippen LogP contribution in [-0.4, -0.2) is 42.9 Å². The second kappa shape index (κ2) is 7.07. The van der Waals surface area contributed by atoms with E-state index >= 15 is 0 Å². The first-order chi connectivity index (χ1) is 9.67. The Kier molecular flexibility index (Phi) is 5.40. The summed E-state index contributed by atoms with van der Waals surface area (Å²) in [6, 6.07) is 0. The Bertz CT molecular complexity index is 351. The minimum Gasteiger partial charge on any atom is -0.356 e. The number of likely N-dealkylation sites (tertiary alicyclic amines) is 1. The minimum atomic E-state index is 0.0767. The van der Waals surface area contributed by atoms with Gasteiger partial charge in [0, 0.05) is 31.5 Å². The number of piperidine rings is 1. The highest BCUT2D eigenvalue weighted by molar-refractivity contribution is 5.81. The van der Waals surface area contributed by atoms with E-state index in [2.05, 4.69) is 5.32 Å². The first kappa shape index (κ1) is 15.3. The number of hydrogen-bond acceptors (Lipinski definition) is 3. The number of nitrogens with zero attached hydrogens (tertiary/aromatic N) is 1. The molecular formula is C15H27N3O2. The fourth-order valence-corrected chi connectivity index (χ4v) is 3.56. The lowest BCUT2D eigenvalue weighted by Gasteiger charge is -2.34. The van der Waals surface area contributed by atoms with E-state index in [0.29, 0.717) is 32.1 Å². The second-order valence-electron chi connectivity index (χ2n) is 6.03. The molecule has 2 unspecified atom stereocenters. The Labute approximate surface area is 121 Å². The third-order valence-corrected chi connectivity index (χ3v) is 4.81. The van der Waals surface area contributed by atoms with Gasteiger partial charge in [0.1, 0.15) is 0 Å². The molecule has 2 amide bonds. The van der Waals surface area contributed by atoms with Crippen LogP contribution in [-0.2, 0) is 9.59 Å². The molecule has 0 spiro atoms. The smallest absolute Gasteiger partial charge is 0.226 e. The zero-order valence-corrected chi connectivity index (χ0v) is 12.4. The van der Waals surface area contributed by atoms with Crippen LogP contribution in [0.3, 0.4) is 0 Å². The van der Waals surface area contributed by atoms with E-state index in [4.69, 9.17) is 5.73 Å². The van der Waals surface area contributed by atoms with Crippen molar-refractivity contribution in [3.8, 4) is 0 Å². The van der Waals surface area contributed by atoms with E-state index in [1.807, 2.05) is 11.8 Å². The molecule has 0 aromatic carbocycles. The van der Waals surface area contributed by atoms with Crippen LogP contribution in [0.5, 0.6) is 0 Å². The highest BCUT2D eigenvalue weighted by Crippen LogP contribution is 2.33. The van der Waals surface area contributed by atoms with E-state index in [0.717, 1.165) is 32.1 Å². The highest BCUT2D eigenvalue weighted by atomic mass is 16.2. The number of nitrogens with one attached hydrogen (secondary N) is 1. The SMILES string of the molecule is CCNC(=O)C1CCN(C(=O)C2CCCC2CN)CC1. The van der Waals surface area contributed by atoms with Crippen LogP contribution in [0.1, 0.15) is 39.0 Å². The lowest BCUT2D eigenvalue weighted by Crippen LogP contribution is -2.46. The third kappa shape index (κ3) is 3.32. The van der Waals surface area contributed by atoms with Gasteiger partial charge in [-0.15, -0.1) is 0 Å². The summed E-state index contributed by atoms with van der Waals surface area (Å²) >= 11 is 0. The van der Waals surface area contributed by atoms with E-state index in [1.54, 1.807) is 0 Å². The van der Waals surface area contributed by atoms with Crippen LogP contribution in [0.2, 0.25) is 0 Å². The molecule has 114 valence electrons. The maximum atomic E-state index is 12.5. The van der Waals surface area contributed by atoms with Gasteiger partial charge in [-0.1, -0.05) is 6.42 Å². The number of nitrogens with two attached hydrogens (primary N) is 1. The van der Waals surface area contributed by atoms with Crippen LogP contribution >= 0.6 is 0 Å². The molecule has 20 heavy (non-hydrogen) atoms. The van der Waals surface area contributed by atoms with Crippen molar-refractivity contribution in [3.05, 3.63) is 0 Å². The average molecular weight is 281 g/mol. The summed E-state index contributed by atoms with van der Waals surface area (Å²) in [5.41, 5.74) is 5.76. The molecule has 0 aromatic heterocycles. The number of hydrogen-bond donors (Lipinski definition) is 2. The topological polar surface area (TPSA) is 75.4 Å². The van der Waals surface area contributed by atoms with Crippen LogP contribution in [0, 0.1) is 17.8 Å². The summed E-state index contributed by atoms with van der Waals surface area (Å²) in [6.45, 7) is 4.66. The number of carbonyl (C=O) groups is 2. The van der Waals surface area contributed by atoms with Gasteiger partial charge in [0.2, 0.25) is 11.8 Å². The molecule has 2 aliphatic rings. The van der Waals surface area contributed by atoms with Gasteiger partial charge < -0.3 is 16.0 Å². The van der Waals surface area contributed by atoms with Gasteiger partial charge in [-0.2, -0.15) is 0 Å². The van der Waals surface area contributed by atoms with Gasteiger partial charge in [0.15, 0.2) is 0 Å². The van der Waals surface area contributed by atoms with Crippen molar-refractivity contribution in [3.63, 3.8) is 0 Å². The van der Waals surface area contributed by atoms with Crippen molar-refractivity contribution in [2.24, 2.45) is 23.5 Å². The molecule has 1 aliphatic carbocycles. The maximum Gasteiger partial charge on any atom is 0.226 e. The third-order valence-electron chi connectivity index (χ3n) is 4.81. The van der Waals surface area contributed by atoms with E-state index in [9.17, 15) is 9.59 Å². The number of rotatable bonds is 4. The zero-order chi connectivity index (χ0) is 14.5. The Morgan fingerprint density at radius 1 is 1.20 bits per heavy atom. The van der Waals surface area contributed by atoms with Gasteiger partial charge in [-0.05, 0) is 45.1 Å². The normalized spacial score (nSPS) is 27.6. The van der Waals surface area contributed by atoms with Crippen molar-refractivity contribution < 1.29 is 9.59 Å². The number of amides is 2. The van der Waals surface area contributed by atoms with E-state index in [-0.39, 0.29) is 23.7 Å². The van der Waals surface area contributed by atoms with Crippen LogP contribution in [0.15, 0.2) is 0 Å². The van der Waals surface area contributed by atoms with Gasteiger partial charge >= 0.3 is 0 Å². The Hall–Kier alpha value is -1.10. The molecule has 2 fully saturated rings. The second-order valence-corrected chi connectivity index (χ2v) is 6.03. The predicted octanol–water partition coefficient (Wildman–Crippen LogP) is 0.736. The summed E-state index contributed by atoms with van der Waals surface area (Å²) in [6.07, 6.45) is 4.77. The maximum absolute atomic E-state index is 12.5. The fraction of sp³-hybridized carbons (Fsp3) is 0.867. The van der Waals surface area contributed by atoms with Crippen LogP contribution < -0.4 is 11.1 Å². The quantitative estimate of drug-likeness (QED) is 0.798. The molecule has 5 nitrogen and oxygen atoms in total. The zero-order valence-electron chi connectivity index (χ0n) is 12.4. The van der Waals surface area contributed by atoms with Crippen molar-refractivity contribution in [1.82, 2.24) is 10.2 Å². The van der Waals surface area contributed by atoms with Crippen molar-refractivity contribution in [1.29, 1.82) is 0 Å². The molecule has 5 heteroatoms. The molecular weight excluding hydrogens is 254 g/mol. The molecule has 0 bridgehead atoms. The minimum absolute atomic E-state index is 0.0767. The summed E-state index contributed by atoms with van der Waals surface area (Å²) in [5, 5.41) is 2.87. The summed E-state index contributed by atoms with van der Waals surface area (Å²) < 4.78 is 0. The molecule has 1 heterocycles. The van der Waals surface area contributed by atoms with Gasteiger partial charge in [0.25, 0.3) is 0 Å². The molecule has 1 aliphatic heterocycles. The van der Waals surface area contributed by atoms with Crippen molar-refractivity contribution in [2.75, 3.05) is 26.2 Å².